The van der Waals surface area contributed by atoms with Crippen LogP contribution in [0.1, 0.15) is 64.9 Å². The lowest BCUT2D eigenvalue weighted by Gasteiger charge is -2.29. The number of halogens is 2. The Bertz CT molecular complexity index is 1140. The molecule has 0 bridgehead atoms. The summed E-state index contributed by atoms with van der Waals surface area (Å²) in [4.78, 5) is 40.9. The van der Waals surface area contributed by atoms with Gasteiger partial charge in [-0.15, -0.1) is 0 Å². The van der Waals surface area contributed by atoms with Gasteiger partial charge < -0.3 is 16.0 Å². The first-order valence-electron chi connectivity index (χ1n) is 13.5. The molecule has 38 heavy (non-hydrogen) atoms. The van der Waals surface area contributed by atoms with Crippen LogP contribution in [0.5, 0.6) is 0 Å². The van der Waals surface area contributed by atoms with Crippen LogP contribution in [0.2, 0.25) is 5.02 Å². The summed E-state index contributed by atoms with van der Waals surface area (Å²) in [6.45, 7) is 6.97. The maximum Gasteiger partial charge on any atom is 0.245 e. The minimum absolute atomic E-state index is 0.0578. The van der Waals surface area contributed by atoms with Crippen molar-refractivity contribution >= 4 is 29.3 Å². The van der Waals surface area contributed by atoms with Gasteiger partial charge >= 0.3 is 0 Å². The Balaban J connectivity index is 1.76. The van der Waals surface area contributed by atoms with Crippen LogP contribution in [0.15, 0.2) is 42.5 Å². The van der Waals surface area contributed by atoms with Crippen LogP contribution in [0.3, 0.4) is 0 Å². The largest absolute Gasteiger partial charge is 0.369 e. The molecular formula is C30H39ClFN3O3. The van der Waals surface area contributed by atoms with Gasteiger partial charge in [0.2, 0.25) is 17.7 Å². The SMILES string of the molecule is CCC[C@H](C(N)=O)[C@@H](CC(C)C)C(=O)N[C@H]1CCCCN(Cc2cccc(-c3ccc(F)c(Cl)c3)c2)C1=O. The third-order valence-electron chi connectivity index (χ3n) is 7.16. The summed E-state index contributed by atoms with van der Waals surface area (Å²) in [5.41, 5.74) is 8.27. The van der Waals surface area contributed by atoms with Crippen LogP contribution >= 0.6 is 11.6 Å². The number of nitrogens with zero attached hydrogens (tertiary/aromatic N) is 1. The van der Waals surface area contributed by atoms with E-state index in [1.807, 2.05) is 45.0 Å². The molecule has 0 saturated carbocycles. The highest BCUT2D eigenvalue weighted by molar-refractivity contribution is 6.31. The highest BCUT2D eigenvalue weighted by Crippen LogP contribution is 2.28. The fourth-order valence-corrected chi connectivity index (χ4v) is 5.42. The Morgan fingerprint density at radius 3 is 2.53 bits per heavy atom. The van der Waals surface area contributed by atoms with Gasteiger partial charge in [-0.1, -0.05) is 63.1 Å². The zero-order chi connectivity index (χ0) is 27.8. The number of carbonyl (C=O) groups is 3. The molecule has 6 nitrogen and oxygen atoms in total. The van der Waals surface area contributed by atoms with Crippen molar-refractivity contribution in [3.8, 4) is 11.1 Å². The smallest absolute Gasteiger partial charge is 0.245 e. The molecule has 0 spiro atoms. The molecular weight excluding hydrogens is 505 g/mol. The molecule has 8 heteroatoms. The molecule has 3 rings (SSSR count). The Hall–Kier alpha value is -2.93. The monoisotopic (exact) mass is 543 g/mol. The number of rotatable bonds is 11. The van der Waals surface area contributed by atoms with Gasteiger partial charge in [0.25, 0.3) is 0 Å². The van der Waals surface area contributed by atoms with Gasteiger partial charge in [0, 0.05) is 24.9 Å². The number of amides is 3. The van der Waals surface area contributed by atoms with E-state index in [4.69, 9.17) is 17.3 Å². The van der Waals surface area contributed by atoms with Crippen LogP contribution < -0.4 is 11.1 Å². The zero-order valence-corrected chi connectivity index (χ0v) is 23.3. The Morgan fingerprint density at radius 1 is 1.13 bits per heavy atom. The summed E-state index contributed by atoms with van der Waals surface area (Å²) in [6, 6.07) is 11.7. The fraction of sp³-hybridized carbons (Fsp3) is 0.500. The summed E-state index contributed by atoms with van der Waals surface area (Å²) in [6.07, 6.45) is 4.02. The molecule has 1 saturated heterocycles. The number of benzene rings is 2. The number of hydrogen-bond donors (Lipinski definition) is 2. The molecule has 1 fully saturated rings. The Morgan fingerprint density at radius 2 is 1.87 bits per heavy atom. The maximum atomic E-state index is 13.6. The summed E-state index contributed by atoms with van der Waals surface area (Å²) in [7, 11) is 0. The van der Waals surface area contributed by atoms with Crippen molar-refractivity contribution in [2.45, 2.75) is 71.9 Å². The van der Waals surface area contributed by atoms with Gasteiger partial charge in [0.1, 0.15) is 11.9 Å². The topological polar surface area (TPSA) is 92.5 Å². The normalized spacial score (nSPS) is 17.7. The first-order chi connectivity index (χ1) is 18.1. The molecule has 3 N–H and O–H groups in total. The average Bonchev–Trinajstić information content (AvgIpc) is 3.04. The molecule has 0 aliphatic carbocycles. The first kappa shape index (κ1) is 29.6. The summed E-state index contributed by atoms with van der Waals surface area (Å²) < 4.78 is 13.6. The number of nitrogens with two attached hydrogens (primary N) is 1. The second-order valence-electron chi connectivity index (χ2n) is 10.7. The predicted molar refractivity (Wildman–Crippen MR) is 149 cm³/mol. The van der Waals surface area contributed by atoms with E-state index in [0.29, 0.717) is 32.4 Å². The fourth-order valence-electron chi connectivity index (χ4n) is 5.23. The summed E-state index contributed by atoms with van der Waals surface area (Å²) in [5.74, 6) is -2.25. The predicted octanol–water partition coefficient (Wildman–Crippen LogP) is 5.71. The number of carbonyl (C=O) groups excluding carboxylic acids is 3. The van der Waals surface area contributed by atoms with Gasteiger partial charge in [0.05, 0.1) is 5.02 Å². The van der Waals surface area contributed by atoms with E-state index in [0.717, 1.165) is 36.0 Å². The Labute approximate surface area is 230 Å². The molecule has 0 radical (unpaired) electrons. The molecule has 1 heterocycles. The molecule has 1 aliphatic rings. The van der Waals surface area contributed by atoms with Gasteiger partial charge in [0.15, 0.2) is 0 Å². The van der Waals surface area contributed by atoms with E-state index in [2.05, 4.69) is 5.32 Å². The molecule has 0 unspecified atom stereocenters. The van der Waals surface area contributed by atoms with E-state index in [-0.39, 0.29) is 22.8 Å². The first-order valence-corrected chi connectivity index (χ1v) is 13.9. The van der Waals surface area contributed by atoms with Crippen LogP contribution in [0.25, 0.3) is 11.1 Å². The standard InChI is InChI=1S/C30H39ClFN3O3/c1-4-8-23(28(33)36)24(15-19(2)3)29(37)34-27-11-5-6-14-35(30(27)38)18-20-9-7-10-21(16-20)22-12-13-26(32)25(31)17-22/h7,9-10,12-13,16-17,19,23-24,27H,4-6,8,11,14-15,18H2,1-3H3,(H2,33,36)(H,34,37)/t23-,24+,27-/m0/s1. The molecule has 2 aromatic rings. The van der Waals surface area contributed by atoms with Crippen LogP contribution in [-0.2, 0) is 20.9 Å². The van der Waals surface area contributed by atoms with E-state index >= 15 is 0 Å². The minimum atomic E-state index is -0.645. The van der Waals surface area contributed by atoms with Gasteiger partial charge in [-0.2, -0.15) is 0 Å². The van der Waals surface area contributed by atoms with Crippen molar-refractivity contribution in [3.05, 3.63) is 58.9 Å². The second-order valence-corrected chi connectivity index (χ2v) is 11.1. The number of nitrogens with one attached hydrogen (secondary N) is 1. The van der Waals surface area contributed by atoms with Crippen molar-refractivity contribution in [1.82, 2.24) is 10.2 Å². The van der Waals surface area contributed by atoms with Crippen LogP contribution in [0, 0.1) is 23.6 Å². The van der Waals surface area contributed by atoms with E-state index in [1.54, 1.807) is 17.0 Å². The van der Waals surface area contributed by atoms with Crippen molar-refractivity contribution in [2.24, 2.45) is 23.5 Å². The molecule has 2 aromatic carbocycles. The molecule has 3 atom stereocenters. The van der Waals surface area contributed by atoms with Crippen molar-refractivity contribution in [1.29, 1.82) is 0 Å². The maximum absolute atomic E-state index is 13.6. The molecule has 3 amide bonds. The number of likely N-dealkylation sites (tertiary alicyclic amines) is 1. The lowest BCUT2D eigenvalue weighted by atomic mass is 9.81. The van der Waals surface area contributed by atoms with E-state index < -0.39 is 29.6 Å². The van der Waals surface area contributed by atoms with Crippen molar-refractivity contribution in [3.63, 3.8) is 0 Å². The molecule has 0 aromatic heterocycles. The van der Waals surface area contributed by atoms with Gasteiger partial charge in [-0.25, -0.2) is 4.39 Å². The van der Waals surface area contributed by atoms with Gasteiger partial charge in [-0.05, 0) is 72.9 Å². The van der Waals surface area contributed by atoms with Crippen LogP contribution in [-0.4, -0.2) is 35.2 Å². The second kappa shape index (κ2) is 13.7. The molecule has 206 valence electrons. The van der Waals surface area contributed by atoms with E-state index in [9.17, 15) is 18.8 Å². The average molecular weight is 544 g/mol. The van der Waals surface area contributed by atoms with Crippen molar-refractivity contribution in [2.75, 3.05) is 6.54 Å². The zero-order valence-electron chi connectivity index (χ0n) is 22.5. The third-order valence-corrected chi connectivity index (χ3v) is 7.45. The number of hydrogen-bond acceptors (Lipinski definition) is 3. The quantitative estimate of drug-likeness (QED) is 0.380. The van der Waals surface area contributed by atoms with Crippen LogP contribution in [0.4, 0.5) is 4.39 Å². The van der Waals surface area contributed by atoms with Gasteiger partial charge in [-0.3, -0.25) is 14.4 Å². The molecule has 1 aliphatic heterocycles. The lowest BCUT2D eigenvalue weighted by molar-refractivity contribution is -0.139. The highest BCUT2D eigenvalue weighted by atomic mass is 35.5. The minimum Gasteiger partial charge on any atom is -0.369 e. The highest BCUT2D eigenvalue weighted by Gasteiger charge is 2.35. The Kier molecular flexibility index (Phi) is 10.7. The summed E-state index contributed by atoms with van der Waals surface area (Å²) in [5, 5.41) is 3.04. The van der Waals surface area contributed by atoms with E-state index in [1.165, 1.54) is 6.07 Å². The lowest BCUT2D eigenvalue weighted by Crippen LogP contribution is -2.50. The number of primary amides is 1. The van der Waals surface area contributed by atoms with Crippen molar-refractivity contribution < 1.29 is 18.8 Å². The third kappa shape index (κ3) is 7.79. The summed E-state index contributed by atoms with van der Waals surface area (Å²) >= 11 is 5.97.